The lowest BCUT2D eigenvalue weighted by Crippen LogP contribution is -2.22. The second-order valence-electron chi connectivity index (χ2n) is 4.66. The van der Waals surface area contributed by atoms with Crippen LogP contribution in [-0.2, 0) is 0 Å². The molecule has 1 nitrogen and oxygen atoms in total. The maximum Gasteiger partial charge on any atom is 0.0961 e. The van der Waals surface area contributed by atoms with Crippen LogP contribution in [0.4, 0.5) is 0 Å². The third kappa shape index (κ3) is 3.77. The molecule has 1 atom stereocenters. The van der Waals surface area contributed by atoms with Gasteiger partial charge in [0, 0.05) is 14.4 Å². The van der Waals surface area contributed by atoms with Crippen molar-refractivity contribution >= 4 is 50.5 Å². The smallest absolute Gasteiger partial charge is 0.0961 e. The Labute approximate surface area is 142 Å². The molecule has 0 bridgehead atoms. The maximum atomic E-state index is 6.22. The van der Waals surface area contributed by atoms with Gasteiger partial charge in [-0.15, -0.1) is 11.3 Å². The minimum Gasteiger partial charge on any atom is -0.306 e. The summed E-state index contributed by atoms with van der Waals surface area (Å²) in [4.78, 5) is 1.21. The van der Waals surface area contributed by atoms with Crippen LogP contribution >= 0.6 is 50.5 Å². The number of hydrogen-bond donors (Lipinski definition) is 1. The lowest BCUT2D eigenvalue weighted by atomic mass is 10.0. The van der Waals surface area contributed by atoms with Crippen LogP contribution in [0.5, 0.6) is 0 Å². The summed E-state index contributed by atoms with van der Waals surface area (Å²) in [5.41, 5.74) is 2.26. The predicted molar refractivity (Wildman–Crippen MR) is 93.4 cm³/mol. The predicted octanol–water partition coefficient (Wildman–Crippen LogP) is 6.21. The van der Waals surface area contributed by atoms with Crippen LogP contribution in [0.1, 0.15) is 35.4 Å². The minimum atomic E-state index is 0.110. The number of benzene rings is 1. The van der Waals surface area contributed by atoms with Gasteiger partial charge in [-0.1, -0.05) is 46.1 Å². The molecule has 1 N–H and O–H groups in total. The van der Waals surface area contributed by atoms with E-state index >= 15 is 0 Å². The van der Waals surface area contributed by atoms with Gasteiger partial charge in [-0.3, -0.25) is 0 Å². The molecule has 108 valence electrons. The Hall–Kier alpha value is -0.0600. The van der Waals surface area contributed by atoms with E-state index < -0.39 is 0 Å². The summed E-state index contributed by atoms with van der Waals surface area (Å²) < 4.78 is 1.90. The maximum absolute atomic E-state index is 6.22. The topological polar surface area (TPSA) is 12.0 Å². The van der Waals surface area contributed by atoms with Gasteiger partial charge in [0.1, 0.15) is 0 Å². The first-order chi connectivity index (χ1) is 9.52. The van der Waals surface area contributed by atoms with Crippen molar-refractivity contribution in [2.45, 2.75) is 26.3 Å². The zero-order valence-corrected chi connectivity index (χ0v) is 15.3. The third-order valence-electron chi connectivity index (χ3n) is 3.03. The van der Waals surface area contributed by atoms with Crippen LogP contribution in [0.25, 0.3) is 0 Å². The highest BCUT2D eigenvalue weighted by Gasteiger charge is 2.19. The van der Waals surface area contributed by atoms with E-state index in [2.05, 4.69) is 34.2 Å². The first kappa shape index (κ1) is 16.3. The van der Waals surface area contributed by atoms with Crippen LogP contribution in [0.3, 0.4) is 0 Å². The van der Waals surface area contributed by atoms with Crippen LogP contribution in [0.15, 0.2) is 28.7 Å². The zero-order valence-electron chi connectivity index (χ0n) is 11.3. The molecule has 20 heavy (non-hydrogen) atoms. The van der Waals surface area contributed by atoms with E-state index in [1.807, 2.05) is 25.1 Å². The number of thiophene rings is 1. The van der Waals surface area contributed by atoms with Crippen molar-refractivity contribution in [3.05, 3.63) is 54.1 Å². The van der Waals surface area contributed by atoms with Gasteiger partial charge < -0.3 is 5.32 Å². The lowest BCUT2D eigenvalue weighted by molar-refractivity contribution is 0.604. The molecule has 2 rings (SSSR count). The van der Waals surface area contributed by atoms with Crippen LogP contribution in [0, 0.1) is 6.92 Å². The first-order valence-electron chi connectivity index (χ1n) is 6.47. The molecule has 0 aliphatic heterocycles. The highest BCUT2D eigenvalue weighted by molar-refractivity contribution is 9.10. The third-order valence-corrected chi connectivity index (χ3v) is 5.61. The van der Waals surface area contributed by atoms with E-state index in [0.717, 1.165) is 37.9 Å². The molecule has 0 fully saturated rings. The van der Waals surface area contributed by atoms with Gasteiger partial charge in [0.15, 0.2) is 0 Å². The Balaban J connectivity index is 2.43. The summed E-state index contributed by atoms with van der Waals surface area (Å²) in [6, 6.07) is 8.13. The van der Waals surface area contributed by atoms with Crippen molar-refractivity contribution < 1.29 is 0 Å². The van der Waals surface area contributed by atoms with E-state index in [4.69, 9.17) is 23.2 Å². The summed E-state index contributed by atoms with van der Waals surface area (Å²) in [6.07, 6.45) is 1.08. The van der Waals surface area contributed by atoms with Crippen molar-refractivity contribution in [1.29, 1.82) is 0 Å². The fourth-order valence-electron chi connectivity index (χ4n) is 2.01. The highest BCUT2D eigenvalue weighted by atomic mass is 79.9. The summed E-state index contributed by atoms with van der Waals surface area (Å²) in [5.74, 6) is 0. The monoisotopic (exact) mass is 391 g/mol. The van der Waals surface area contributed by atoms with Crippen LogP contribution < -0.4 is 5.32 Å². The molecule has 0 saturated carbocycles. The fraction of sp³-hybridized carbons (Fsp3) is 0.333. The average molecular weight is 393 g/mol. The number of hydrogen-bond acceptors (Lipinski definition) is 2. The molecule has 0 amide bonds. The Morgan fingerprint density at radius 3 is 2.65 bits per heavy atom. The van der Waals surface area contributed by atoms with Gasteiger partial charge in [0.05, 0.1) is 10.4 Å². The van der Waals surface area contributed by atoms with Crippen molar-refractivity contribution in [2.24, 2.45) is 0 Å². The molecule has 0 saturated heterocycles. The minimum absolute atomic E-state index is 0.110. The Bertz CT molecular complexity index is 578. The second kappa shape index (κ2) is 7.28. The summed E-state index contributed by atoms with van der Waals surface area (Å²) in [7, 11) is 0. The Morgan fingerprint density at radius 1 is 1.30 bits per heavy atom. The van der Waals surface area contributed by atoms with E-state index in [-0.39, 0.29) is 6.04 Å². The molecular formula is C15H16BrCl2NS. The van der Waals surface area contributed by atoms with Gasteiger partial charge in [-0.05, 0) is 55.3 Å². The Morgan fingerprint density at radius 2 is 2.05 bits per heavy atom. The molecule has 0 aliphatic rings. The molecule has 1 aromatic heterocycles. The summed E-state index contributed by atoms with van der Waals surface area (Å²) in [5, 5.41) is 4.32. The molecule has 0 spiro atoms. The van der Waals surface area contributed by atoms with Crippen molar-refractivity contribution in [3.63, 3.8) is 0 Å². The molecule has 1 heterocycles. The van der Waals surface area contributed by atoms with Crippen molar-refractivity contribution in [2.75, 3.05) is 6.54 Å². The van der Waals surface area contributed by atoms with Gasteiger partial charge in [0.2, 0.25) is 0 Å². The number of rotatable bonds is 5. The van der Waals surface area contributed by atoms with Crippen LogP contribution in [-0.4, -0.2) is 6.54 Å². The van der Waals surface area contributed by atoms with Gasteiger partial charge >= 0.3 is 0 Å². The van der Waals surface area contributed by atoms with Crippen molar-refractivity contribution in [1.82, 2.24) is 5.32 Å². The Kier molecular flexibility index (Phi) is 5.94. The molecular weight excluding hydrogens is 377 g/mol. The van der Waals surface area contributed by atoms with Crippen molar-refractivity contribution in [3.8, 4) is 0 Å². The van der Waals surface area contributed by atoms with E-state index in [0.29, 0.717) is 0 Å². The zero-order chi connectivity index (χ0) is 14.7. The molecule has 0 radical (unpaired) electrons. The SMILES string of the molecule is CCCNC(c1cc(C)c(Cl)s1)c1cc(Cl)ccc1Br. The molecule has 5 heteroatoms. The van der Waals surface area contributed by atoms with E-state index in [1.165, 1.54) is 4.88 Å². The normalized spacial score (nSPS) is 12.7. The van der Waals surface area contributed by atoms with Gasteiger partial charge in [-0.25, -0.2) is 0 Å². The number of nitrogens with one attached hydrogen (secondary N) is 1. The van der Waals surface area contributed by atoms with Crippen LogP contribution in [0.2, 0.25) is 9.36 Å². The highest BCUT2D eigenvalue weighted by Crippen LogP contribution is 2.37. The number of halogens is 3. The standard InChI is InChI=1S/C15H16BrCl2NS/c1-3-6-19-14(13-7-9(2)15(18)20-13)11-8-10(17)4-5-12(11)16/h4-5,7-8,14,19H,3,6H2,1-2H3. The molecule has 0 aliphatic carbocycles. The molecule has 1 unspecified atom stereocenters. The lowest BCUT2D eigenvalue weighted by Gasteiger charge is -2.19. The summed E-state index contributed by atoms with van der Waals surface area (Å²) >= 11 is 17.6. The average Bonchev–Trinajstić information content (AvgIpc) is 2.74. The van der Waals surface area contributed by atoms with E-state index in [9.17, 15) is 0 Å². The van der Waals surface area contributed by atoms with E-state index in [1.54, 1.807) is 11.3 Å². The quantitative estimate of drug-likeness (QED) is 0.637. The fourth-order valence-corrected chi connectivity index (χ4v) is 3.98. The van der Waals surface area contributed by atoms with Gasteiger partial charge in [-0.2, -0.15) is 0 Å². The largest absolute Gasteiger partial charge is 0.306 e. The second-order valence-corrected chi connectivity index (χ2v) is 7.64. The summed E-state index contributed by atoms with van der Waals surface area (Å²) in [6.45, 7) is 5.13. The van der Waals surface area contributed by atoms with Gasteiger partial charge in [0.25, 0.3) is 0 Å². The molecule has 2 aromatic rings. The molecule has 1 aromatic carbocycles. The first-order valence-corrected chi connectivity index (χ1v) is 8.83. The number of aryl methyl sites for hydroxylation is 1.